The number of carbonyl (C=O) groups is 1. The molecule has 0 aliphatic carbocycles. The third-order valence-corrected chi connectivity index (χ3v) is 4.16. The van der Waals surface area contributed by atoms with Gasteiger partial charge in [-0.05, 0) is 18.1 Å². The van der Waals surface area contributed by atoms with Crippen molar-refractivity contribution < 1.29 is 9.18 Å². The van der Waals surface area contributed by atoms with Gasteiger partial charge in [0.2, 0.25) is 5.91 Å². The largest absolute Gasteiger partial charge is 0.354 e. The molecule has 2 aromatic rings. The first kappa shape index (κ1) is 22.6. The average Bonchev–Trinajstić information content (AvgIpc) is 2.84. The van der Waals surface area contributed by atoms with Crippen molar-refractivity contribution in [1.29, 1.82) is 0 Å². The standard InChI is InChI=1S/C16H23FN4O.2ClH/c1-4-10(2)14(18)16(22)19-9-8-13-20-15-11(17)6-5-7-12(15)21(13)3;;/h5-7,10,14H,4,8-9,18H2,1-3H3,(H,19,22);2*1H. The number of nitrogens with two attached hydrogens (primary N) is 1. The van der Waals surface area contributed by atoms with Crippen LogP contribution in [0.4, 0.5) is 4.39 Å². The fourth-order valence-electron chi connectivity index (χ4n) is 2.38. The molecule has 2 rings (SSSR count). The van der Waals surface area contributed by atoms with Crippen LogP contribution < -0.4 is 11.1 Å². The molecule has 136 valence electrons. The minimum absolute atomic E-state index is 0. The molecule has 2 atom stereocenters. The van der Waals surface area contributed by atoms with Crippen molar-refractivity contribution in [2.24, 2.45) is 18.7 Å². The van der Waals surface area contributed by atoms with Crippen LogP contribution in [0, 0.1) is 11.7 Å². The van der Waals surface area contributed by atoms with Crippen LogP contribution in [0.5, 0.6) is 0 Å². The second kappa shape index (κ2) is 9.81. The van der Waals surface area contributed by atoms with Gasteiger partial charge in [0.15, 0.2) is 5.82 Å². The van der Waals surface area contributed by atoms with E-state index in [2.05, 4.69) is 10.3 Å². The van der Waals surface area contributed by atoms with Gasteiger partial charge in [-0.15, -0.1) is 24.8 Å². The molecule has 0 aliphatic rings. The number of rotatable bonds is 6. The van der Waals surface area contributed by atoms with Gasteiger partial charge in [-0.2, -0.15) is 0 Å². The molecule has 2 unspecified atom stereocenters. The smallest absolute Gasteiger partial charge is 0.237 e. The summed E-state index contributed by atoms with van der Waals surface area (Å²) in [7, 11) is 1.84. The zero-order chi connectivity index (χ0) is 16.3. The molecule has 0 aliphatic heterocycles. The molecule has 0 fully saturated rings. The highest BCUT2D eigenvalue weighted by Crippen LogP contribution is 2.18. The summed E-state index contributed by atoms with van der Waals surface area (Å²) in [6.07, 6.45) is 1.39. The Bertz CT molecular complexity index is 677. The summed E-state index contributed by atoms with van der Waals surface area (Å²) in [6.45, 7) is 4.39. The highest BCUT2D eigenvalue weighted by molar-refractivity contribution is 5.85. The first-order valence-electron chi connectivity index (χ1n) is 7.58. The third kappa shape index (κ3) is 4.82. The van der Waals surface area contributed by atoms with Gasteiger partial charge >= 0.3 is 0 Å². The molecule has 0 saturated heterocycles. The number of halogens is 3. The lowest BCUT2D eigenvalue weighted by molar-refractivity contribution is -0.123. The van der Waals surface area contributed by atoms with Crippen molar-refractivity contribution in [2.75, 3.05) is 6.54 Å². The summed E-state index contributed by atoms with van der Waals surface area (Å²) in [4.78, 5) is 16.2. The second-order valence-electron chi connectivity index (χ2n) is 5.65. The third-order valence-electron chi connectivity index (χ3n) is 4.16. The number of benzene rings is 1. The average molecular weight is 379 g/mol. The number of aryl methyl sites for hydroxylation is 1. The maximum atomic E-state index is 13.7. The number of fused-ring (bicyclic) bond motifs is 1. The number of nitrogens with zero attached hydrogens (tertiary/aromatic N) is 2. The van der Waals surface area contributed by atoms with E-state index in [1.807, 2.05) is 31.5 Å². The van der Waals surface area contributed by atoms with E-state index < -0.39 is 6.04 Å². The van der Waals surface area contributed by atoms with Crippen LogP contribution in [0.3, 0.4) is 0 Å². The number of aromatic nitrogens is 2. The lowest BCUT2D eigenvalue weighted by atomic mass is 9.99. The van der Waals surface area contributed by atoms with Gasteiger partial charge in [-0.1, -0.05) is 26.3 Å². The zero-order valence-corrected chi connectivity index (χ0v) is 15.7. The van der Waals surface area contributed by atoms with E-state index in [0.29, 0.717) is 18.5 Å². The monoisotopic (exact) mass is 378 g/mol. The van der Waals surface area contributed by atoms with E-state index in [1.54, 1.807) is 6.07 Å². The van der Waals surface area contributed by atoms with E-state index in [9.17, 15) is 9.18 Å². The van der Waals surface area contributed by atoms with E-state index in [4.69, 9.17) is 5.73 Å². The van der Waals surface area contributed by atoms with E-state index in [0.717, 1.165) is 17.8 Å². The minimum atomic E-state index is -0.497. The topological polar surface area (TPSA) is 72.9 Å². The Kier molecular flexibility index (Phi) is 9.25. The molecule has 0 spiro atoms. The zero-order valence-electron chi connectivity index (χ0n) is 14.1. The molecule has 24 heavy (non-hydrogen) atoms. The summed E-state index contributed by atoms with van der Waals surface area (Å²) >= 11 is 0. The highest BCUT2D eigenvalue weighted by Gasteiger charge is 2.19. The molecule has 0 bridgehead atoms. The van der Waals surface area contributed by atoms with Crippen LogP contribution in [0.25, 0.3) is 11.0 Å². The van der Waals surface area contributed by atoms with Crippen LogP contribution in [0.2, 0.25) is 0 Å². The number of hydrogen-bond acceptors (Lipinski definition) is 3. The molecule has 1 aromatic heterocycles. The molecule has 5 nitrogen and oxygen atoms in total. The fourth-order valence-corrected chi connectivity index (χ4v) is 2.38. The van der Waals surface area contributed by atoms with E-state index in [-0.39, 0.29) is 42.5 Å². The first-order valence-corrected chi connectivity index (χ1v) is 7.58. The Balaban J connectivity index is 0.00000264. The van der Waals surface area contributed by atoms with Crippen molar-refractivity contribution in [2.45, 2.75) is 32.7 Å². The van der Waals surface area contributed by atoms with Gasteiger partial charge in [0, 0.05) is 20.0 Å². The van der Waals surface area contributed by atoms with Crippen molar-refractivity contribution >= 4 is 41.8 Å². The van der Waals surface area contributed by atoms with Crippen molar-refractivity contribution in [3.63, 3.8) is 0 Å². The molecule has 1 heterocycles. The van der Waals surface area contributed by atoms with Gasteiger partial charge in [0.05, 0.1) is 11.6 Å². The molecule has 3 N–H and O–H groups in total. The Hall–Kier alpha value is -1.37. The van der Waals surface area contributed by atoms with Crippen LogP contribution in [0.15, 0.2) is 18.2 Å². The lowest BCUT2D eigenvalue weighted by Gasteiger charge is -2.17. The normalized spacial score (nSPS) is 12.9. The number of para-hydroxylation sites is 1. The Morgan fingerprint density at radius 1 is 1.42 bits per heavy atom. The number of hydrogen-bond donors (Lipinski definition) is 2. The molecule has 0 radical (unpaired) electrons. The van der Waals surface area contributed by atoms with Crippen molar-refractivity contribution in [1.82, 2.24) is 14.9 Å². The highest BCUT2D eigenvalue weighted by atomic mass is 35.5. The maximum Gasteiger partial charge on any atom is 0.237 e. The molecule has 1 amide bonds. The quantitative estimate of drug-likeness (QED) is 0.810. The predicted molar refractivity (Wildman–Crippen MR) is 99.3 cm³/mol. The molecular weight excluding hydrogens is 354 g/mol. The number of carbonyl (C=O) groups excluding carboxylic acids is 1. The van der Waals surface area contributed by atoms with Gasteiger partial charge < -0.3 is 15.6 Å². The summed E-state index contributed by atoms with van der Waals surface area (Å²) < 4.78 is 15.5. The van der Waals surface area contributed by atoms with Crippen molar-refractivity contribution in [3.8, 4) is 0 Å². The maximum absolute atomic E-state index is 13.7. The van der Waals surface area contributed by atoms with E-state index in [1.165, 1.54) is 6.07 Å². The number of imidazole rings is 1. The van der Waals surface area contributed by atoms with Crippen LogP contribution in [-0.4, -0.2) is 28.0 Å². The van der Waals surface area contributed by atoms with Crippen LogP contribution in [0.1, 0.15) is 26.1 Å². The van der Waals surface area contributed by atoms with Gasteiger partial charge in [0.25, 0.3) is 0 Å². The summed E-state index contributed by atoms with van der Waals surface area (Å²) in [5.41, 5.74) is 6.99. The van der Waals surface area contributed by atoms with E-state index >= 15 is 0 Å². The Morgan fingerprint density at radius 2 is 2.08 bits per heavy atom. The predicted octanol–water partition coefficient (Wildman–Crippen LogP) is 2.59. The minimum Gasteiger partial charge on any atom is -0.354 e. The fraction of sp³-hybridized carbons (Fsp3) is 0.500. The lowest BCUT2D eigenvalue weighted by Crippen LogP contribution is -2.45. The number of nitrogens with one attached hydrogen (secondary N) is 1. The summed E-state index contributed by atoms with van der Waals surface area (Å²) in [5, 5.41) is 2.82. The first-order chi connectivity index (χ1) is 10.5. The summed E-state index contributed by atoms with van der Waals surface area (Å²) in [5.74, 6) is 0.392. The van der Waals surface area contributed by atoms with Gasteiger partial charge in [-0.3, -0.25) is 4.79 Å². The van der Waals surface area contributed by atoms with Gasteiger partial charge in [0.1, 0.15) is 11.3 Å². The SMILES string of the molecule is CCC(C)C(N)C(=O)NCCc1nc2c(F)cccc2n1C.Cl.Cl. The van der Waals surface area contributed by atoms with Gasteiger partial charge in [-0.25, -0.2) is 9.37 Å². The molecule has 8 heteroatoms. The van der Waals surface area contributed by atoms with Crippen molar-refractivity contribution in [3.05, 3.63) is 29.8 Å². The van der Waals surface area contributed by atoms with Crippen LogP contribution in [-0.2, 0) is 18.3 Å². The second-order valence-corrected chi connectivity index (χ2v) is 5.65. The molecule has 1 aromatic carbocycles. The molecular formula is C16H25Cl2FN4O. The number of amides is 1. The molecule has 0 saturated carbocycles. The summed E-state index contributed by atoms with van der Waals surface area (Å²) in [6, 6.07) is 4.39. The Morgan fingerprint density at radius 3 is 2.67 bits per heavy atom. The Labute approximate surface area is 154 Å². The van der Waals surface area contributed by atoms with Crippen LogP contribution >= 0.6 is 24.8 Å².